The van der Waals surface area contributed by atoms with Crippen LogP contribution < -0.4 is 0 Å². The molecule has 0 nitrogen and oxygen atoms in total. The first kappa shape index (κ1) is 22.4. The first-order valence-corrected chi connectivity index (χ1v) is 9.47. The summed E-state index contributed by atoms with van der Waals surface area (Å²) in [5.74, 6) is 1.94. The Morgan fingerprint density at radius 3 is 1.25 bits per heavy atom. The van der Waals surface area contributed by atoms with Gasteiger partial charge < -0.3 is 0 Å². The van der Waals surface area contributed by atoms with Crippen LogP contribution in [0.3, 0.4) is 0 Å². The number of hydrogen-bond donors (Lipinski definition) is 0. The van der Waals surface area contributed by atoms with Crippen LogP contribution in [0.2, 0.25) is 0 Å². The molecule has 0 aliphatic rings. The van der Waals surface area contributed by atoms with E-state index in [1.165, 1.54) is 22.3 Å². The van der Waals surface area contributed by atoms with Crippen molar-refractivity contribution in [2.45, 2.75) is 80.1 Å². The van der Waals surface area contributed by atoms with Crippen LogP contribution in [0.5, 0.6) is 0 Å². The monoisotopic (exact) mass is 326 g/mol. The van der Waals surface area contributed by atoms with Crippen molar-refractivity contribution in [1.82, 2.24) is 0 Å². The molecule has 0 heterocycles. The third kappa shape index (κ3) is 8.34. The van der Waals surface area contributed by atoms with Gasteiger partial charge in [0.2, 0.25) is 0 Å². The Labute approximate surface area is 151 Å². The molecule has 0 N–H and O–H groups in total. The van der Waals surface area contributed by atoms with Crippen LogP contribution in [-0.4, -0.2) is 0 Å². The average molecular weight is 327 g/mol. The van der Waals surface area contributed by atoms with Gasteiger partial charge in [-0.15, -0.1) is 0 Å². The van der Waals surface area contributed by atoms with E-state index in [1.807, 2.05) is 13.8 Å². The van der Waals surface area contributed by atoms with Gasteiger partial charge in [0.25, 0.3) is 0 Å². The molecule has 134 valence electrons. The van der Waals surface area contributed by atoms with E-state index in [0.29, 0.717) is 17.8 Å². The number of rotatable bonds is 3. The SMILES string of the molecule is CC.CC(C)c1cccc(C(C)C)c1.Cc1ccc(C(C)C)cc1. The summed E-state index contributed by atoms with van der Waals surface area (Å²) in [6, 6.07) is 17.6. The van der Waals surface area contributed by atoms with Crippen LogP contribution >= 0.6 is 0 Å². The Hall–Kier alpha value is -1.56. The molecule has 0 aliphatic heterocycles. The van der Waals surface area contributed by atoms with Gasteiger partial charge in [-0.25, -0.2) is 0 Å². The van der Waals surface area contributed by atoms with Crippen molar-refractivity contribution in [3.05, 3.63) is 70.8 Å². The van der Waals surface area contributed by atoms with Gasteiger partial charge in [-0.3, -0.25) is 0 Å². The summed E-state index contributed by atoms with van der Waals surface area (Å²) < 4.78 is 0. The van der Waals surface area contributed by atoms with Gasteiger partial charge in [0.1, 0.15) is 0 Å². The lowest BCUT2D eigenvalue weighted by molar-refractivity contribution is 0.834. The molecule has 0 amide bonds. The van der Waals surface area contributed by atoms with E-state index in [9.17, 15) is 0 Å². The fourth-order valence-corrected chi connectivity index (χ4v) is 2.23. The normalized spacial score (nSPS) is 10.2. The molecule has 2 rings (SSSR count). The summed E-state index contributed by atoms with van der Waals surface area (Å²) in [4.78, 5) is 0. The molecule has 0 fully saturated rings. The molecular weight excluding hydrogens is 288 g/mol. The molecular formula is C24H38. The fraction of sp³-hybridized carbons (Fsp3) is 0.500. The standard InChI is InChI=1S/C12H18.C10H14.C2H6/c1-9(2)11-6-5-7-12(8-11)10(3)4;1-8(2)10-6-4-9(3)5-7-10;1-2/h5-10H,1-4H3;4-8H,1-3H3;1-2H3. The number of benzene rings is 2. The lowest BCUT2D eigenvalue weighted by Crippen LogP contribution is -1.91. The first-order valence-electron chi connectivity index (χ1n) is 9.47. The van der Waals surface area contributed by atoms with Crippen molar-refractivity contribution in [3.63, 3.8) is 0 Å². The average Bonchev–Trinajstić information content (AvgIpc) is 2.57. The molecule has 0 spiro atoms. The van der Waals surface area contributed by atoms with Crippen molar-refractivity contribution >= 4 is 0 Å². The zero-order valence-electron chi connectivity index (χ0n) is 17.4. The van der Waals surface area contributed by atoms with Crippen LogP contribution in [0, 0.1) is 6.92 Å². The second-order valence-corrected chi connectivity index (χ2v) is 7.04. The van der Waals surface area contributed by atoms with Gasteiger partial charge in [0.15, 0.2) is 0 Å². The highest BCUT2D eigenvalue weighted by Crippen LogP contribution is 2.20. The first-order chi connectivity index (χ1) is 11.3. The van der Waals surface area contributed by atoms with Crippen molar-refractivity contribution in [2.75, 3.05) is 0 Å². The van der Waals surface area contributed by atoms with E-state index in [4.69, 9.17) is 0 Å². The Balaban J connectivity index is 0.000000405. The third-order valence-corrected chi connectivity index (χ3v) is 3.99. The smallest absolute Gasteiger partial charge is 0.0219 e. The van der Waals surface area contributed by atoms with E-state index < -0.39 is 0 Å². The summed E-state index contributed by atoms with van der Waals surface area (Å²) in [6.45, 7) is 19.5. The van der Waals surface area contributed by atoms with Gasteiger partial charge in [-0.1, -0.05) is 109 Å². The number of aryl methyl sites for hydroxylation is 1. The zero-order valence-corrected chi connectivity index (χ0v) is 17.4. The van der Waals surface area contributed by atoms with Crippen LogP contribution in [0.4, 0.5) is 0 Å². The predicted octanol–water partition coefficient (Wildman–Crippen LogP) is 8.08. The molecule has 0 saturated carbocycles. The fourth-order valence-electron chi connectivity index (χ4n) is 2.23. The van der Waals surface area contributed by atoms with Crippen molar-refractivity contribution in [1.29, 1.82) is 0 Å². The minimum absolute atomic E-state index is 0.642. The summed E-state index contributed by atoms with van der Waals surface area (Å²) in [5.41, 5.74) is 5.65. The van der Waals surface area contributed by atoms with Crippen LogP contribution in [0.25, 0.3) is 0 Å². The summed E-state index contributed by atoms with van der Waals surface area (Å²) in [5, 5.41) is 0. The molecule has 0 aliphatic carbocycles. The molecule has 0 heteroatoms. The van der Waals surface area contributed by atoms with Crippen LogP contribution in [0.15, 0.2) is 48.5 Å². The second kappa shape index (κ2) is 11.9. The van der Waals surface area contributed by atoms with Gasteiger partial charge in [0, 0.05) is 0 Å². The van der Waals surface area contributed by atoms with Gasteiger partial charge in [0.05, 0.1) is 0 Å². The molecule has 24 heavy (non-hydrogen) atoms. The molecule has 2 aromatic carbocycles. The van der Waals surface area contributed by atoms with Crippen LogP contribution in [-0.2, 0) is 0 Å². The molecule has 0 radical (unpaired) electrons. The molecule has 0 bridgehead atoms. The zero-order chi connectivity index (χ0) is 18.7. The maximum absolute atomic E-state index is 2.31. The summed E-state index contributed by atoms with van der Waals surface area (Å²) in [7, 11) is 0. The van der Waals surface area contributed by atoms with Crippen molar-refractivity contribution in [3.8, 4) is 0 Å². The van der Waals surface area contributed by atoms with Gasteiger partial charge in [-0.2, -0.15) is 0 Å². The third-order valence-electron chi connectivity index (χ3n) is 3.99. The molecule has 2 aromatic rings. The minimum Gasteiger partial charge on any atom is -0.0683 e. The largest absolute Gasteiger partial charge is 0.0683 e. The highest BCUT2D eigenvalue weighted by Gasteiger charge is 2.02. The van der Waals surface area contributed by atoms with Crippen molar-refractivity contribution < 1.29 is 0 Å². The Morgan fingerprint density at radius 2 is 0.917 bits per heavy atom. The van der Waals surface area contributed by atoms with E-state index in [-0.39, 0.29) is 0 Å². The van der Waals surface area contributed by atoms with E-state index >= 15 is 0 Å². The van der Waals surface area contributed by atoms with E-state index in [2.05, 4.69) is 97.0 Å². The minimum atomic E-state index is 0.642. The van der Waals surface area contributed by atoms with E-state index in [1.54, 1.807) is 0 Å². The quantitative estimate of drug-likeness (QED) is 0.534. The lowest BCUT2D eigenvalue weighted by atomic mass is 9.96. The van der Waals surface area contributed by atoms with Crippen molar-refractivity contribution in [2.24, 2.45) is 0 Å². The molecule has 0 atom stereocenters. The highest BCUT2D eigenvalue weighted by molar-refractivity contribution is 5.27. The molecule has 0 aromatic heterocycles. The predicted molar refractivity (Wildman–Crippen MR) is 111 cm³/mol. The Kier molecular flexibility index (Phi) is 11.1. The van der Waals surface area contributed by atoms with E-state index in [0.717, 1.165) is 0 Å². The maximum Gasteiger partial charge on any atom is -0.0219 e. The Morgan fingerprint density at radius 1 is 0.542 bits per heavy atom. The summed E-state index contributed by atoms with van der Waals surface area (Å²) in [6.07, 6.45) is 0. The maximum atomic E-state index is 2.31. The highest BCUT2D eigenvalue weighted by atomic mass is 14.1. The molecule has 0 saturated heterocycles. The molecule has 0 unspecified atom stereocenters. The Bertz CT molecular complexity index is 521. The topological polar surface area (TPSA) is 0 Å². The number of hydrogen-bond acceptors (Lipinski definition) is 0. The lowest BCUT2D eigenvalue weighted by Gasteiger charge is -2.09. The van der Waals surface area contributed by atoms with Crippen LogP contribution in [0.1, 0.15) is 95.4 Å². The van der Waals surface area contributed by atoms with Gasteiger partial charge in [-0.05, 0) is 41.4 Å². The second-order valence-electron chi connectivity index (χ2n) is 7.04. The van der Waals surface area contributed by atoms with Gasteiger partial charge >= 0.3 is 0 Å². The summed E-state index contributed by atoms with van der Waals surface area (Å²) >= 11 is 0.